The Morgan fingerprint density at radius 1 is 1.03 bits per heavy atom. The van der Waals surface area contributed by atoms with Crippen LogP contribution in [0.1, 0.15) is 20.3 Å². The van der Waals surface area contributed by atoms with E-state index in [1.165, 1.54) is 0 Å². The summed E-state index contributed by atoms with van der Waals surface area (Å²) in [6.07, 6.45) is 0.126. The summed E-state index contributed by atoms with van der Waals surface area (Å²) >= 11 is 0. The zero-order chi connectivity index (χ0) is 21.7. The fraction of sp³-hybridized carbons (Fsp3) is 0.318. The molecule has 0 aliphatic carbocycles. The van der Waals surface area contributed by atoms with Gasteiger partial charge < -0.3 is 25.6 Å². The van der Waals surface area contributed by atoms with Crippen molar-refractivity contribution in [2.24, 2.45) is 5.92 Å². The molecule has 1 aliphatic heterocycles. The lowest BCUT2D eigenvalue weighted by Crippen LogP contribution is -2.34. The van der Waals surface area contributed by atoms with Gasteiger partial charge in [0, 0.05) is 24.7 Å². The van der Waals surface area contributed by atoms with Crippen LogP contribution in [-0.4, -0.2) is 37.5 Å². The van der Waals surface area contributed by atoms with E-state index >= 15 is 0 Å². The van der Waals surface area contributed by atoms with Crippen molar-refractivity contribution in [1.82, 2.24) is 5.32 Å². The summed E-state index contributed by atoms with van der Waals surface area (Å²) in [4.78, 5) is 38.9. The second-order valence-electron chi connectivity index (χ2n) is 7.39. The highest BCUT2D eigenvalue weighted by atomic mass is 16.5. The Kier molecular flexibility index (Phi) is 6.56. The second-order valence-corrected chi connectivity index (χ2v) is 7.39. The lowest BCUT2D eigenvalue weighted by molar-refractivity contribution is -0.122. The number of ether oxygens (including phenoxy) is 1. The summed E-state index contributed by atoms with van der Waals surface area (Å²) in [6, 6.07) is 13.7. The van der Waals surface area contributed by atoms with Crippen LogP contribution in [0.4, 0.5) is 21.9 Å². The molecule has 0 radical (unpaired) electrons. The second kappa shape index (κ2) is 9.30. The van der Waals surface area contributed by atoms with E-state index in [0.29, 0.717) is 23.7 Å². The molecule has 1 fully saturated rings. The molecule has 1 heterocycles. The maximum absolute atomic E-state index is 12.8. The highest BCUT2D eigenvalue weighted by Gasteiger charge is 2.35. The summed E-state index contributed by atoms with van der Waals surface area (Å²) < 4.78 is 5.14. The molecule has 3 N–H and O–H groups in total. The number of carbonyl (C=O) groups excluding carboxylic acids is 3. The molecule has 0 spiro atoms. The van der Waals surface area contributed by atoms with E-state index in [1.807, 2.05) is 13.8 Å². The molecular weight excluding hydrogens is 384 g/mol. The van der Waals surface area contributed by atoms with E-state index in [2.05, 4.69) is 16.0 Å². The molecule has 2 aromatic rings. The van der Waals surface area contributed by atoms with Gasteiger partial charge in [-0.25, -0.2) is 4.79 Å². The van der Waals surface area contributed by atoms with Crippen molar-refractivity contribution in [3.8, 4) is 5.75 Å². The molecule has 0 saturated carbocycles. The van der Waals surface area contributed by atoms with Crippen molar-refractivity contribution in [1.29, 1.82) is 0 Å². The van der Waals surface area contributed by atoms with Gasteiger partial charge >= 0.3 is 6.03 Å². The normalized spacial score (nSPS) is 15.8. The third-order valence-corrected chi connectivity index (χ3v) is 4.73. The Morgan fingerprint density at radius 3 is 2.27 bits per heavy atom. The van der Waals surface area contributed by atoms with Crippen molar-refractivity contribution < 1.29 is 19.1 Å². The van der Waals surface area contributed by atoms with Gasteiger partial charge in [0.2, 0.25) is 11.8 Å². The minimum atomic E-state index is -0.489. The van der Waals surface area contributed by atoms with Crippen molar-refractivity contribution in [2.75, 3.05) is 29.2 Å². The molecule has 158 valence electrons. The number of hydrogen-bond donors (Lipinski definition) is 3. The Labute approximate surface area is 175 Å². The summed E-state index contributed by atoms with van der Waals surface area (Å²) in [5, 5.41) is 8.32. The summed E-state index contributed by atoms with van der Waals surface area (Å²) in [6.45, 7) is 4.01. The van der Waals surface area contributed by atoms with E-state index in [0.717, 1.165) is 5.69 Å². The van der Waals surface area contributed by atoms with Gasteiger partial charge in [-0.1, -0.05) is 12.1 Å². The summed E-state index contributed by atoms with van der Waals surface area (Å²) in [5.74, 6) is -0.164. The Balaban J connectivity index is 1.66. The molecular formula is C22H26N4O4. The van der Waals surface area contributed by atoms with Crippen LogP contribution in [-0.2, 0) is 9.59 Å². The van der Waals surface area contributed by atoms with Crippen LogP contribution in [0.25, 0.3) is 0 Å². The fourth-order valence-corrected chi connectivity index (χ4v) is 3.25. The van der Waals surface area contributed by atoms with Crippen LogP contribution in [0.5, 0.6) is 5.75 Å². The van der Waals surface area contributed by atoms with Gasteiger partial charge in [-0.15, -0.1) is 0 Å². The molecule has 4 amide bonds. The molecule has 8 heteroatoms. The van der Waals surface area contributed by atoms with E-state index < -0.39 is 5.92 Å². The predicted octanol–water partition coefficient (Wildman–Crippen LogP) is 3.22. The first-order valence-electron chi connectivity index (χ1n) is 9.79. The number of hydrogen-bond acceptors (Lipinski definition) is 4. The summed E-state index contributed by atoms with van der Waals surface area (Å²) in [7, 11) is 1.58. The smallest absolute Gasteiger partial charge is 0.319 e. The van der Waals surface area contributed by atoms with Gasteiger partial charge in [0.1, 0.15) is 5.75 Å². The number of nitrogens with zero attached hydrogens (tertiary/aromatic N) is 1. The third kappa shape index (κ3) is 5.08. The average molecular weight is 410 g/mol. The molecule has 1 atom stereocenters. The van der Waals surface area contributed by atoms with Gasteiger partial charge in [-0.3, -0.25) is 9.59 Å². The largest absolute Gasteiger partial charge is 0.497 e. The molecule has 1 aliphatic rings. The van der Waals surface area contributed by atoms with Gasteiger partial charge in [0.05, 0.1) is 24.4 Å². The molecule has 8 nitrogen and oxygen atoms in total. The number of urea groups is 1. The number of nitrogens with one attached hydrogen (secondary N) is 3. The van der Waals surface area contributed by atoms with Crippen molar-refractivity contribution >= 4 is 34.9 Å². The van der Waals surface area contributed by atoms with Gasteiger partial charge in [-0.2, -0.15) is 0 Å². The first-order chi connectivity index (χ1) is 14.4. The van der Waals surface area contributed by atoms with Gasteiger partial charge in [0.15, 0.2) is 0 Å². The topological polar surface area (TPSA) is 99.8 Å². The molecule has 1 unspecified atom stereocenters. The molecule has 2 aromatic carbocycles. The molecule has 30 heavy (non-hydrogen) atoms. The van der Waals surface area contributed by atoms with Crippen LogP contribution in [0.3, 0.4) is 0 Å². The first kappa shape index (κ1) is 21.2. The SMILES string of the molecule is COc1ccc(N2CC(C(=O)Nc3ccccc3NC(=O)NC(C)C)CC2=O)cc1. The molecule has 0 bridgehead atoms. The highest BCUT2D eigenvalue weighted by Crippen LogP contribution is 2.28. The average Bonchev–Trinajstić information content (AvgIpc) is 3.10. The lowest BCUT2D eigenvalue weighted by atomic mass is 10.1. The van der Waals surface area contributed by atoms with Crippen LogP contribution < -0.4 is 25.6 Å². The minimum absolute atomic E-state index is 0.0137. The first-order valence-corrected chi connectivity index (χ1v) is 9.79. The zero-order valence-electron chi connectivity index (χ0n) is 17.3. The Morgan fingerprint density at radius 2 is 1.67 bits per heavy atom. The monoisotopic (exact) mass is 410 g/mol. The number of para-hydroxylation sites is 2. The highest BCUT2D eigenvalue weighted by molar-refractivity contribution is 6.05. The molecule has 3 rings (SSSR count). The molecule has 1 saturated heterocycles. The third-order valence-electron chi connectivity index (χ3n) is 4.73. The van der Waals surface area contributed by atoms with Gasteiger partial charge in [0.25, 0.3) is 0 Å². The number of methoxy groups -OCH3 is 1. The van der Waals surface area contributed by atoms with Crippen LogP contribution in [0.2, 0.25) is 0 Å². The standard InChI is InChI=1S/C22H26N4O4/c1-14(2)23-22(29)25-19-7-5-4-6-18(19)24-21(28)15-12-20(27)26(13-15)16-8-10-17(30-3)11-9-16/h4-11,14-15H,12-13H2,1-3H3,(H,24,28)(H2,23,25,29). The van der Waals surface area contributed by atoms with Crippen molar-refractivity contribution in [3.63, 3.8) is 0 Å². The Hall–Kier alpha value is -3.55. The quantitative estimate of drug-likeness (QED) is 0.681. The van der Waals surface area contributed by atoms with E-state index in [4.69, 9.17) is 4.74 Å². The lowest BCUT2D eigenvalue weighted by Gasteiger charge is -2.18. The fourth-order valence-electron chi connectivity index (χ4n) is 3.25. The number of rotatable bonds is 6. The number of anilines is 3. The van der Waals surface area contributed by atoms with Crippen LogP contribution in [0.15, 0.2) is 48.5 Å². The van der Waals surface area contributed by atoms with E-state index in [9.17, 15) is 14.4 Å². The minimum Gasteiger partial charge on any atom is -0.497 e. The van der Waals surface area contributed by atoms with Crippen molar-refractivity contribution in [3.05, 3.63) is 48.5 Å². The number of benzene rings is 2. The number of carbonyl (C=O) groups is 3. The predicted molar refractivity (Wildman–Crippen MR) is 116 cm³/mol. The van der Waals surface area contributed by atoms with Gasteiger partial charge in [-0.05, 0) is 50.2 Å². The zero-order valence-corrected chi connectivity index (χ0v) is 17.3. The Bertz CT molecular complexity index is 927. The number of amides is 4. The van der Waals surface area contributed by atoms with E-state index in [1.54, 1.807) is 60.5 Å². The molecule has 0 aromatic heterocycles. The maximum Gasteiger partial charge on any atom is 0.319 e. The van der Waals surface area contributed by atoms with E-state index in [-0.39, 0.29) is 30.3 Å². The van der Waals surface area contributed by atoms with Crippen molar-refractivity contribution in [2.45, 2.75) is 26.3 Å². The maximum atomic E-state index is 12.8. The van der Waals surface area contributed by atoms with Crippen LogP contribution >= 0.6 is 0 Å². The summed E-state index contributed by atoms with van der Waals surface area (Å²) in [5.41, 5.74) is 1.70. The van der Waals surface area contributed by atoms with Crippen LogP contribution in [0, 0.1) is 5.92 Å².